The number of hydrogen-bond donors (Lipinski definition) is 1. The minimum Gasteiger partial charge on any atom is -0.444 e. The molecule has 0 saturated carbocycles. The van der Waals surface area contributed by atoms with Crippen LogP contribution in [0.4, 0.5) is 4.79 Å². The van der Waals surface area contributed by atoms with Crippen LogP contribution in [0.25, 0.3) is 0 Å². The zero-order chi connectivity index (χ0) is 14.2. The van der Waals surface area contributed by atoms with Crippen molar-refractivity contribution in [3.05, 3.63) is 12.2 Å². The van der Waals surface area contributed by atoms with E-state index in [0.29, 0.717) is 13.2 Å². The minimum atomic E-state index is -0.455. The molecule has 1 amide bonds. The Morgan fingerprint density at radius 2 is 1.72 bits per heavy atom. The van der Waals surface area contributed by atoms with E-state index in [9.17, 15) is 4.79 Å². The zero-order valence-electron chi connectivity index (χ0n) is 12.5. The van der Waals surface area contributed by atoms with Gasteiger partial charge in [0.15, 0.2) is 0 Å². The quantitative estimate of drug-likeness (QED) is 0.608. The molecule has 0 spiro atoms. The van der Waals surface area contributed by atoms with Crippen LogP contribution in [0.3, 0.4) is 0 Å². The fraction of sp³-hybridized carbons (Fsp3) is 0.786. The summed E-state index contributed by atoms with van der Waals surface area (Å²) < 4.78 is 10.5. The van der Waals surface area contributed by atoms with E-state index in [0.717, 1.165) is 6.61 Å². The fourth-order valence-corrected chi connectivity index (χ4v) is 1.04. The van der Waals surface area contributed by atoms with Crippen molar-refractivity contribution < 1.29 is 14.3 Å². The lowest BCUT2D eigenvalue weighted by Gasteiger charge is -2.19. The topological polar surface area (TPSA) is 47.6 Å². The summed E-state index contributed by atoms with van der Waals surface area (Å²) in [4.78, 5) is 11.3. The van der Waals surface area contributed by atoms with Gasteiger partial charge in [0, 0.05) is 6.54 Å². The van der Waals surface area contributed by atoms with Crippen molar-refractivity contribution in [1.82, 2.24) is 5.32 Å². The first-order valence-corrected chi connectivity index (χ1v) is 6.30. The van der Waals surface area contributed by atoms with E-state index < -0.39 is 11.7 Å². The summed E-state index contributed by atoms with van der Waals surface area (Å²) >= 11 is 0. The summed E-state index contributed by atoms with van der Waals surface area (Å²) in [5.74, 6) is 0. The molecule has 0 unspecified atom stereocenters. The Labute approximate surface area is 111 Å². The van der Waals surface area contributed by atoms with E-state index in [1.165, 1.54) is 0 Å². The SMILES string of the molecule is CC(C)(C)COC/C=C\CNC(=O)OC(C)(C)C. The first kappa shape index (κ1) is 17.0. The summed E-state index contributed by atoms with van der Waals surface area (Å²) in [6, 6.07) is 0. The third-order valence-corrected chi connectivity index (χ3v) is 1.68. The van der Waals surface area contributed by atoms with Gasteiger partial charge in [0.25, 0.3) is 0 Å². The molecule has 0 atom stereocenters. The van der Waals surface area contributed by atoms with Gasteiger partial charge in [-0.15, -0.1) is 0 Å². The molecule has 0 aliphatic carbocycles. The average molecular weight is 257 g/mol. The number of ether oxygens (including phenoxy) is 2. The molecule has 0 radical (unpaired) electrons. The number of carbonyl (C=O) groups excluding carboxylic acids is 1. The smallest absolute Gasteiger partial charge is 0.407 e. The van der Waals surface area contributed by atoms with Crippen molar-refractivity contribution in [2.24, 2.45) is 5.41 Å². The van der Waals surface area contributed by atoms with Crippen molar-refractivity contribution in [2.45, 2.75) is 47.1 Å². The van der Waals surface area contributed by atoms with E-state index in [2.05, 4.69) is 26.1 Å². The molecule has 4 heteroatoms. The number of nitrogens with one attached hydrogen (secondary N) is 1. The Morgan fingerprint density at radius 3 is 2.22 bits per heavy atom. The highest BCUT2D eigenvalue weighted by Crippen LogP contribution is 2.12. The summed E-state index contributed by atoms with van der Waals surface area (Å²) in [6.07, 6.45) is 3.35. The first-order valence-electron chi connectivity index (χ1n) is 6.30. The van der Waals surface area contributed by atoms with Gasteiger partial charge in [-0.2, -0.15) is 0 Å². The van der Waals surface area contributed by atoms with Crippen molar-refractivity contribution in [3.63, 3.8) is 0 Å². The minimum absolute atomic E-state index is 0.183. The third-order valence-electron chi connectivity index (χ3n) is 1.68. The van der Waals surface area contributed by atoms with Crippen LogP contribution in [0.2, 0.25) is 0 Å². The van der Waals surface area contributed by atoms with Gasteiger partial charge in [-0.05, 0) is 26.2 Å². The second-order valence-corrected chi connectivity index (χ2v) is 6.43. The lowest BCUT2D eigenvalue weighted by molar-refractivity contribution is 0.0534. The molecule has 0 aliphatic rings. The van der Waals surface area contributed by atoms with E-state index in [1.807, 2.05) is 32.9 Å². The standard InChI is InChI=1S/C14H27NO3/c1-13(2,3)11-17-10-8-7-9-15-12(16)18-14(4,5)6/h7-8H,9-11H2,1-6H3,(H,15,16)/b8-7-. The predicted molar refractivity (Wildman–Crippen MR) is 73.7 cm³/mol. The first-order chi connectivity index (χ1) is 8.10. The third kappa shape index (κ3) is 13.0. The average Bonchev–Trinajstić information content (AvgIpc) is 2.11. The molecular formula is C14H27NO3. The maximum absolute atomic E-state index is 11.3. The Morgan fingerprint density at radius 1 is 1.11 bits per heavy atom. The van der Waals surface area contributed by atoms with Crippen LogP contribution >= 0.6 is 0 Å². The van der Waals surface area contributed by atoms with Crippen LogP contribution < -0.4 is 5.32 Å². The molecule has 0 heterocycles. The van der Waals surface area contributed by atoms with E-state index in [-0.39, 0.29) is 5.41 Å². The molecule has 0 bridgehead atoms. The Kier molecular flexibility index (Phi) is 6.99. The van der Waals surface area contributed by atoms with Crippen molar-refractivity contribution >= 4 is 6.09 Å². The predicted octanol–water partition coefficient (Wildman–Crippen LogP) is 3.13. The molecule has 0 aromatic heterocycles. The highest BCUT2D eigenvalue weighted by Gasteiger charge is 2.14. The lowest BCUT2D eigenvalue weighted by atomic mass is 9.99. The second kappa shape index (κ2) is 7.41. The lowest BCUT2D eigenvalue weighted by Crippen LogP contribution is -2.32. The van der Waals surface area contributed by atoms with Crippen LogP contribution in [0.1, 0.15) is 41.5 Å². The van der Waals surface area contributed by atoms with Gasteiger partial charge in [0.05, 0.1) is 13.2 Å². The van der Waals surface area contributed by atoms with Crippen molar-refractivity contribution in [3.8, 4) is 0 Å². The normalized spacial score (nSPS) is 12.8. The highest BCUT2D eigenvalue weighted by molar-refractivity contribution is 5.67. The van der Waals surface area contributed by atoms with E-state index >= 15 is 0 Å². The van der Waals surface area contributed by atoms with Crippen LogP contribution in [-0.2, 0) is 9.47 Å². The van der Waals surface area contributed by atoms with Gasteiger partial charge in [0.2, 0.25) is 0 Å². The maximum atomic E-state index is 11.3. The molecule has 0 saturated heterocycles. The Bertz CT molecular complexity index is 272. The molecule has 106 valence electrons. The van der Waals surface area contributed by atoms with Gasteiger partial charge >= 0.3 is 6.09 Å². The number of hydrogen-bond acceptors (Lipinski definition) is 3. The van der Waals surface area contributed by atoms with Crippen molar-refractivity contribution in [1.29, 1.82) is 0 Å². The van der Waals surface area contributed by atoms with E-state index in [1.54, 1.807) is 0 Å². The largest absolute Gasteiger partial charge is 0.444 e. The van der Waals surface area contributed by atoms with Crippen LogP contribution in [0.5, 0.6) is 0 Å². The fourth-order valence-electron chi connectivity index (χ4n) is 1.04. The highest BCUT2D eigenvalue weighted by atomic mass is 16.6. The van der Waals surface area contributed by atoms with Crippen molar-refractivity contribution in [2.75, 3.05) is 19.8 Å². The van der Waals surface area contributed by atoms with Gasteiger partial charge in [-0.25, -0.2) is 4.79 Å². The number of carbonyl (C=O) groups is 1. The van der Waals surface area contributed by atoms with Gasteiger partial charge in [0.1, 0.15) is 5.60 Å². The molecule has 4 nitrogen and oxygen atoms in total. The zero-order valence-corrected chi connectivity index (χ0v) is 12.5. The van der Waals surface area contributed by atoms with Crippen LogP contribution in [0, 0.1) is 5.41 Å². The molecule has 0 rings (SSSR count). The molecule has 1 N–H and O–H groups in total. The summed E-state index contributed by atoms with van der Waals surface area (Å²) in [6.45, 7) is 13.6. The maximum Gasteiger partial charge on any atom is 0.407 e. The van der Waals surface area contributed by atoms with E-state index in [4.69, 9.17) is 9.47 Å². The van der Waals surface area contributed by atoms with Gasteiger partial charge < -0.3 is 14.8 Å². The Balaban J connectivity index is 3.58. The molecule has 0 aromatic carbocycles. The molecule has 0 aliphatic heterocycles. The number of rotatable bonds is 5. The number of amides is 1. The Hall–Kier alpha value is -1.03. The molecule has 0 aromatic rings. The summed E-state index contributed by atoms with van der Waals surface area (Å²) in [5, 5.41) is 2.64. The second-order valence-electron chi connectivity index (χ2n) is 6.43. The van der Waals surface area contributed by atoms with Gasteiger partial charge in [-0.3, -0.25) is 0 Å². The molecule has 0 fully saturated rings. The monoisotopic (exact) mass is 257 g/mol. The summed E-state index contributed by atoms with van der Waals surface area (Å²) in [7, 11) is 0. The molecular weight excluding hydrogens is 230 g/mol. The van der Waals surface area contributed by atoms with Crippen LogP contribution in [0.15, 0.2) is 12.2 Å². The summed E-state index contributed by atoms with van der Waals surface area (Å²) in [5.41, 5.74) is -0.272. The molecule has 18 heavy (non-hydrogen) atoms. The number of alkyl carbamates (subject to hydrolysis) is 1. The van der Waals surface area contributed by atoms with Gasteiger partial charge in [-0.1, -0.05) is 32.9 Å². The van der Waals surface area contributed by atoms with Crippen LogP contribution in [-0.4, -0.2) is 31.5 Å².